The number of aromatic nitrogens is 2. The van der Waals surface area contributed by atoms with Crippen molar-refractivity contribution in [3.63, 3.8) is 0 Å². The molecule has 8 nitrogen and oxygen atoms in total. The number of benzene rings is 2. The van der Waals surface area contributed by atoms with Gasteiger partial charge >= 0.3 is 0 Å². The molecule has 1 amide bonds. The number of nitrogens with zero attached hydrogens (tertiary/aromatic N) is 2. The number of nitrogens with one attached hydrogen (secondary N) is 3. The fourth-order valence-electron chi connectivity index (χ4n) is 2.25. The molecule has 1 aromatic heterocycles. The van der Waals surface area contributed by atoms with Gasteiger partial charge in [-0.25, -0.2) is 18.7 Å². The summed E-state index contributed by atoms with van der Waals surface area (Å²) in [6, 6.07) is 9.38. The molecule has 0 aliphatic heterocycles. The summed E-state index contributed by atoms with van der Waals surface area (Å²) in [5, 5.41) is 2.60. The molecule has 0 saturated heterocycles. The van der Waals surface area contributed by atoms with Crippen LogP contribution < -0.4 is 26.6 Å². The monoisotopic (exact) mass is 386 g/mol. The van der Waals surface area contributed by atoms with E-state index in [9.17, 15) is 13.6 Å². The molecule has 3 aromatic rings. The van der Waals surface area contributed by atoms with Gasteiger partial charge in [-0.05, 0) is 36.4 Å². The molecule has 10 heteroatoms. The summed E-state index contributed by atoms with van der Waals surface area (Å²) in [6.07, 6.45) is 1.15. The first-order valence-corrected chi connectivity index (χ1v) is 8.01. The predicted molar refractivity (Wildman–Crippen MR) is 100 cm³/mol. The number of hydrazine groups is 1. The number of amides is 1. The Balaban J connectivity index is 1.72. The summed E-state index contributed by atoms with van der Waals surface area (Å²) in [4.78, 5) is 20.0. The van der Waals surface area contributed by atoms with Crippen LogP contribution in [0.4, 0.5) is 31.8 Å². The second-order valence-electron chi connectivity index (χ2n) is 5.54. The van der Waals surface area contributed by atoms with Crippen molar-refractivity contribution in [3.8, 4) is 5.75 Å². The first kappa shape index (κ1) is 18.8. The van der Waals surface area contributed by atoms with E-state index in [1.54, 1.807) is 24.3 Å². The molecule has 0 radical (unpaired) electrons. The molecule has 0 atom stereocenters. The topological polar surface area (TPSA) is 114 Å². The number of halogens is 2. The molecule has 144 valence electrons. The van der Waals surface area contributed by atoms with Crippen LogP contribution in [0.3, 0.4) is 0 Å². The van der Waals surface area contributed by atoms with Crippen molar-refractivity contribution in [2.45, 2.75) is 0 Å². The molecule has 0 saturated carbocycles. The molecule has 0 bridgehead atoms. The second-order valence-corrected chi connectivity index (χ2v) is 5.54. The maximum atomic E-state index is 13.8. The van der Waals surface area contributed by atoms with Crippen LogP contribution in [0.2, 0.25) is 0 Å². The van der Waals surface area contributed by atoms with Crippen molar-refractivity contribution >= 4 is 28.9 Å². The number of hydrogen-bond donors (Lipinski definition) is 4. The molecule has 28 heavy (non-hydrogen) atoms. The SMILES string of the molecule is COc1ccc(C(=O)NNc2ncnc(Nc3cc(F)ccc3F)c2N)cc1. The Morgan fingerprint density at radius 1 is 1.07 bits per heavy atom. The van der Waals surface area contributed by atoms with E-state index in [2.05, 4.69) is 26.1 Å². The summed E-state index contributed by atoms with van der Waals surface area (Å²) in [7, 11) is 1.52. The normalized spacial score (nSPS) is 10.2. The van der Waals surface area contributed by atoms with Gasteiger partial charge in [0.2, 0.25) is 0 Å². The number of nitrogens with two attached hydrogens (primary N) is 1. The minimum Gasteiger partial charge on any atom is -0.497 e. The molecule has 0 aliphatic rings. The van der Waals surface area contributed by atoms with Crippen LogP contribution in [0.15, 0.2) is 48.8 Å². The van der Waals surface area contributed by atoms with E-state index in [1.807, 2.05) is 0 Å². The van der Waals surface area contributed by atoms with Crippen LogP contribution in [-0.4, -0.2) is 23.0 Å². The van der Waals surface area contributed by atoms with Crippen LogP contribution in [0.1, 0.15) is 10.4 Å². The van der Waals surface area contributed by atoms with Crippen molar-refractivity contribution < 1.29 is 18.3 Å². The standard InChI is InChI=1S/C18H16F2N6O2/c1-28-12-5-2-10(3-6-12)18(27)26-25-17-15(21)16(22-9-23-17)24-14-8-11(19)4-7-13(14)20/h2-9H,21H2,1H3,(H,26,27)(H2,22,23,24,25). The van der Waals surface area contributed by atoms with Crippen molar-refractivity contribution in [1.82, 2.24) is 15.4 Å². The van der Waals surface area contributed by atoms with Crippen LogP contribution in [0.25, 0.3) is 0 Å². The fourth-order valence-corrected chi connectivity index (χ4v) is 2.25. The molecule has 0 fully saturated rings. The fraction of sp³-hybridized carbons (Fsp3) is 0.0556. The number of rotatable bonds is 6. The van der Waals surface area contributed by atoms with Crippen LogP contribution in [0.5, 0.6) is 5.75 Å². The third-order valence-electron chi connectivity index (χ3n) is 3.71. The molecule has 0 unspecified atom stereocenters. The number of anilines is 4. The number of nitrogen functional groups attached to an aromatic ring is 1. The third kappa shape index (κ3) is 4.23. The smallest absolute Gasteiger partial charge is 0.269 e. The molecular weight excluding hydrogens is 370 g/mol. The predicted octanol–water partition coefficient (Wildman–Crippen LogP) is 2.85. The number of ether oxygens (including phenoxy) is 1. The van der Waals surface area contributed by atoms with Crippen LogP contribution in [-0.2, 0) is 0 Å². The van der Waals surface area contributed by atoms with E-state index in [1.165, 1.54) is 7.11 Å². The average molecular weight is 386 g/mol. The van der Waals surface area contributed by atoms with E-state index in [-0.39, 0.29) is 23.0 Å². The minimum absolute atomic E-state index is 0.00110. The number of carbonyl (C=O) groups is 1. The maximum Gasteiger partial charge on any atom is 0.269 e. The van der Waals surface area contributed by atoms with Crippen LogP contribution in [0, 0.1) is 11.6 Å². The lowest BCUT2D eigenvalue weighted by atomic mass is 10.2. The van der Waals surface area contributed by atoms with Gasteiger partial charge in [-0.3, -0.25) is 15.6 Å². The van der Waals surface area contributed by atoms with Gasteiger partial charge in [-0.1, -0.05) is 0 Å². The van der Waals surface area contributed by atoms with Crippen molar-refractivity contribution in [2.75, 3.05) is 23.6 Å². The van der Waals surface area contributed by atoms with Crippen molar-refractivity contribution in [3.05, 3.63) is 66.0 Å². The van der Waals surface area contributed by atoms with Crippen molar-refractivity contribution in [1.29, 1.82) is 0 Å². The summed E-state index contributed by atoms with van der Waals surface area (Å²) >= 11 is 0. The van der Waals surface area contributed by atoms with E-state index >= 15 is 0 Å². The molecule has 0 aliphatic carbocycles. The zero-order valence-electron chi connectivity index (χ0n) is 14.7. The van der Waals surface area contributed by atoms with Gasteiger partial charge in [-0.15, -0.1) is 0 Å². The highest BCUT2D eigenvalue weighted by molar-refractivity contribution is 5.95. The minimum atomic E-state index is -0.679. The maximum absolute atomic E-state index is 13.8. The second kappa shape index (κ2) is 8.16. The molecular formula is C18H16F2N6O2. The third-order valence-corrected chi connectivity index (χ3v) is 3.71. The summed E-state index contributed by atoms with van der Waals surface area (Å²) in [5.74, 6) is -1.00. The van der Waals surface area contributed by atoms with E-state index in [0.717, 1.165) is 24.5 Å². The molecule has 3 rings (SSSR count). The zero-order chi connectivity index (χ0) is 20.1. The van der Waals surface area contributed by atoms with E-state index in [4.69, 9.17) is 10.5 Å². The Morgan fingerprint density at radius 2 is 1.79 bits per heavy atom. The summed E-state index contributed by atoms with van der Waals surface area (Å²) < 4.78 is 32.1. The molecule has 1 heterocycles. The highest BCUT2D eigenvalue weighted by Crippen LogP contribution is 2.27. The Bertz CT molecular complexity index is 998. The highest BCUT2D eigenvalue weighted by Gasteiger charge is 2.12. The summed E-state index contributed by atoms with van der Waals surface area (Å²) in [6.45, 7) is 0. The van der Waals surface area contributed by atoms with Crippen LogP contribution >= 0.6 is 0 Å². The first-order valence-electron chi connectivity index (χ1n) is 8.01. The molecule has 2 aromatic carbocycles. The lowest BCUT2D eigenvalue weighted by Gasteiger charge is -2.13. The van der Waals surface area contributed by atoms with E-state index < -0.39 is 17.5 Å². The van der Waals surface area contributed by atoms with Gasteiger partial charge < -0.3 is 15.8 Å². The average Bonchev–Trinajstić information content (AvgIpc) is 2.71. The van der Waals surface area contributed by atoms with Gasteiger partial charge in [0.25, 0.3) is 5.91 Å². The Labute approximate surface area is 158 Å². The van der Waals surface area contributed by atoms with Gasteiger partial charge in [0.15, 0.2) is 11.6 Å². The number of carbonyl (C=O) groups excluding carboxylic acids is 1. The Hall–Kier alpha value is -3.95. The van der Waals surface area contributed by atoms with Crippen molar-refractivity contribution in [2.24, 2.45) is 0 Å². The Morgan fingerprint density at radius 3 is 2.50 bits per heavy atom. The first-order chi connectivity index (χ1) is 13.5. The molecule has 0 spiro atoms. The largest absolute Gasteiger partial charge is 0.497 e. The lowest BCUT2D eigenvalue weighted by molar-refractivity contribution is 0.0962. The molecule has 5 N–H and O–H groups in total. The summed E-state index contributed by atoms with van der Waals surface area (Å²) in [5.41, 5.74) is 11.2. The number of hydrogen-bond acceptors (Lipinski definition) is 7. The Kier molecular flexibility index (Phi) is 5.49. The lowest BCUT2D eigenvalue weighted by Crippen LogP contribution is -2.30. The quantitative estimate of drug-likeness (QED) is 0.482. The number of methoxy groups -OCH3 is 1. The highest BCUT2D eigenvalue weighted by atomic mass is 19.1. The van der Waals surface area contributed by atoms with E-state index in [0.29, 0.717) is 11.3 Å². The van der Waals surface area contributed by atoms with Gasteiger partial charge in [0, 0.05) is 11.6 Å². The zero-order valence-corrected chi connectivity index (χ0v) is 14.7. The van der Waals surface area contributed by atoms with Gasteiger partial charge in [-0.2, -0.15) is 0 Å². The van der Waals surface area contributed by atoms with Gasteiger partial charge in [0.1, 0.15) is 29.4 Å². The van der Waals surface area contributed by atoms with Gasteiger partial charge in [0.05, 0.1) is 12.8 Å².